The number of sulfonamides is 1. The van der Waals surface area contributed by atoms with Crippen LogP contribution in [0.2, 0.25) is 0 Å². The number of unbranched alkanes of at least 4 members (excludes halogenated alkanes) is 4. The highest BCUT2D eigenvalue weighted by molar-refractivity contribution is 7.89. The summed E-state index contributed by atoms with van der Waals surface area (Å²) < 4.78 is 37.8. The van der Waals surface area contributed by atoms with Gasteiger partial charge in [-0.25, -0.2) is 17.7 Å². The molecule has 1 heterocycles. The zero-order valence-corrected chi connectivity index (χ0v) is 45.6. The second kappa shape index (κ2) is 21.3. The quantitative estimate of drug-likeness (QED) is 0.0653. The van der Waals surface area contributed by atoms with Crippen molar-refractivity contribution in [2.45, 2.75) is 154 Å². The maximum Gasteiger partial charge on any atom is 0.243 e. The third-order valence-electron chi connectivity index (χ3n) is 13.1. The van der Waals surface area contributed by atoms with Crippen molar-refractivity contribution in [2.75, 3.05) is 29.5 Å². The number of nitrogens with one attached hydrogen (secondary N) is 3. The zero-order chi connectivity index (χ0) is 51.6. The SMILES string of the molecule is CCCCCCCN(C)S(=O)(=O)c1ccccc1-c1c2cc(C)/c(=N/c3c(C)cc(C)c(NC(=O)CC(C)(C)C)c3C)cc-2oc2cc(Nc3c(C)cc(C)c(NC(=O)CC(C)(C)C)c3C)c(C)cc12. The van der Waals surface area contributed by atoms with Gasteiger partial charge >= 0.3 is 0 Å². The number of anilines is 4. The minimum absolute atomic E-state index is 0.0357. The van der Waals surface area contributed by atoms with Gasteiger partial charge in [-0.15, -0.1) is 0 Å². The van der Waals surface area contributed by atoms with Crippen LogP contribution in [0.3, 0.4) is 0 Å². The number of aryl methyl sites for hydroxylation is 6. The van der Waals surface area contributed by atoms with E-state index < -0.39 is 10.0 Å². The molecule has 0 fully saturated rings. The van der Waals surface area contributed by atoms with Gasteiger partial charge in [-0.3, -0.25) is 9.59 Å². The number of carbonyl (C=O) groups excluding carboxylic acids is 2. The Balaban J connectivity index is 1.58. The summed E-state index contributed by atoms with van der Waals surface area (Å²) in [4.78, 5) is 32.0. The van der Waals surface area contributed by atoms with E-state index in [4.69, 9.17) is 9.41 Å². The lowest BCUT2D eigenvalue weighted by molar-refractivity contribution is -0.118. The molecule has 2 amide bonds. The van der Waals surface area contributed by atoms with Crippen LogP contribution in [0.5, 0.6) is 0 Å². The Morgan fingerprint density at radius 2 is 1.21 bits per heavy atom. The average molecular weight is 968 g/mol. The van der Waals surface area contributed by atoms with Crippen LogP contribution in [0.1, 0.15) is 138 Å². The fourth-order valence-electron chi connectivity index (χ4n) is 9.55. The third kappa shape index (κ3) is 12.2. The fraction of sp³-hybridized carbons (Fsp3) is 0.441. The van der Waals surface area contributed by atoms with E-state index in [1.807, 2.05) is 99.6 Å². The summed E-state index contributed by atoms with van der Waals surface area (Å²) in [5.74, 6) is 0.450. The van der Waals surface area contributed by atoms with Crippen molar-refractivity contribution in [2.24, 2.45) is 15.8 Å². The van der Waals surface area contributed by atoms with E-state index in [9.17, 15) is 18.0 Å². The van der Waals surface area contributed by atoms with Gasteiger partial charge in [0.1, 0.15) is 11.3 Å². The minimum atomic E-state index is -3.93. The van der Waals surface area contributed by atoms with Crippen LogP contribution in [0.4, 0.5) is 28.4 Å². The maximum absolute atomic E-state index is 14.7. The van der Waals surface area contributed by atoms with Crippen molar-refractivity contribution in [3.63, 3.8) is 0 Å². The van der Waals surface area contributed by atoms with Gasteiger partial charge in [-0.1, -0.05) is 104 Å². The summed E-state index contributed by atoms with van der Waals surface area (Å²) in [5, 5.41) is 11.6. The standard InChI is InChI=1S/C59H77N5O5S/c1-17-18-19-20-23-26-64(16)70(67,68)50-25-22-21-24-43(50)53-44-29-35(2)46(60-54-37(4)27-39(6)56(41(54)8)62-51(65)33-58(10,11)12)31-48(44)69-49-32-47(36(3)30-45(49)53)61-55-38(5)28-40(7)57(42(55)9)63-52(66)34-59(13,14)15/h21-22,24-25,27-32,60H,17-20,23,26,33-34H2,1-16H3,(H,62,65)(H,63,66)/b61-47+. The van der Waals surface area contributed by atoms with Crippen molar-refractivity contribution in [3.8, 4) is 22.5 Å². The molecule has 0 saturated heterocycles. The molecular weight excluding hydrogens is 891 g/mol. The predicted molar refractivity (Wildman–Crippen MR) is 292 cm³/mol. The summed E-state index contributed by atoms with van der Waals surface area (Å²) >= 11 is 0. The number of hydrogen-bond acceptors (Lipinski definition) is 7. The monoisotopic (exact) mass is 968 g/mol. The Morgan fingerprint density at radius 3 is 1.83 bits per heavy atom. The van der Waals surface area contributed by atoms with E-state index >= 15 is 0 Å². The van der Waals surface area contributed by atoms with Crippen LogP contribution in [-0.4, -0.2) is 38.1 Å². The third-order valence-corrected chi connectivity index (χ3v) is 15.0. The Hall–Kier alpha value is -5.78. The lowest BCUT2D eigenvalue weighted by atomic mass is 9.91. The van der Waals surface area contributed by atoms with Gasteiger partial charge in [-0.05, 0) is 135 Å². The number of amides is 2. The molecule has 374 valence electrons. The summed E-state index contributed by atoms with van der Waals surface area (Å²) in [7, 11) is -2.25. The van der Waals surface area contributed by atoms with Gasteiger partial charge in [0.2, 0.25) is 21.8 Å². The van der Waals surface area contributed by atoms with Crippen LogP contribution in [0.25, 0.3) is 33.4 Å². The molecule has 3 N–H and O–H groups in total. The lowest BCUT2D eigenvalue weighted by Gasteiger charge is -2.24. The van der Waals surface area contributed by atoms with Crippen molar-refractivity contribution in [1.29, 1.82) is 0 Å². The molecule has 10 nitrogen and oxygen atoms in total. The topological polar surface area (TPSA) is 133 Å². The van der Waals surface area contributed by atoms with E-state index in [1.54, 1.807) is 19.2 Å². The van der Waals surface area contributed by atoms with Crippen LogP contribution >= 0.6 is 0 Å². The minimum Gasteiger partial charge on any atom is -0.456 e. The molecule has 4 aromatic carbocycles. The van der Waals surface area contributed by atoms with Crippen molar-refractivity contribution >= 4 is 61.2 Å². The zero-order valence-electron chi connectivity index (χ0n) is 44.8. The molecule has 1 aliphatic carbocycles. The van der Waals surface area contributed by atoms with Gasteiger partial charge in [0, 0.05) is 83.4 Å². The number of benzene rings is 5. The van der Waals surface area contributed by atoms with Gasteiger partial charge < -0.3 is 20.4 Å². The maximum atomic E-state index is 14.7. The van der Waals surface area contributed by atoms with Crippen LogP contribution < -0.4 is 21.3 Å². The van der Waals surface area contributed by atoms with Gasteiger partial charge in [-0.2, -0.15) is 0 Å². The number of hydrogen-bond donors (Lipinski definition) is 3. The van der Waals surface area contributed by atoms with E-state index in [2.05, 4.69) is 68.8 Å². The summed E-state index contributed by atoms with van der Waals surface area (Å²) in [6.45, 7) is 31.1. The van der Waals surface area contributed by atoms with Gasteiger partial charge in [0.15, 0.2) is 0 Å². The molecule has 0 saturated carbocycles. The highest BCUT2D eigenvalue weighted by Crippen LogP contribution is 2.45. The molecule has 1 aliphatic heterocycles. The molecule has 6 rings (SSSR count). The Labute approximate surface area is 418 Å². The number of nitrogens with zero attached hydrogens (tertiary/aromatic N) is 2. The van der Waals surface area contributed by atoms with Crippen LogP contribution in [-0.2, 0) is 19.6 Å². The predicted octanol–water partition coefficient (Wildman–Crippen LogP) is 15.0. The van der Waals surface area contributed by atoms with Gasteiger partial charge in [0.25, 0.3) is 0 Å². The second-order valence-electron chi connectivity index (χ2n) is 22.1. The van der Waals surface area contributed by atoms with E-state index in [0.29, 0.717) is 41.7 Å². The van der Waals surface area contributed by atoms with Gasteiger partial charge in [0.05, 0.1) is 15.9 Å². The first-order valence-corrected chi connectivity index (χ1v) is 26.4. The van der Waals surface area contributed by atoms with E-state index in [0.717, 1.165) is 122 Å². The Bertz CT molecular complexity index is 3110. The van der Waals surface area contributed by atoms with Crippen LogP contribution in [0, 0.1) is 66.2 Å². The molecule has 0 spiro atoms. The number of carbonyl (C=O) groups is 2. The number of fused-ring (bicyclic) bond motifs is 2. The first kappa shape index (κ1) is 53.6. The second-order valence-corrected chi connectivity index (χ2v) is 24.1. The number of rotatable bonds is 16. The molecule has 11 heteroatoms. The van der Waals surface area contributed by atoms with E-state index in [1.165, 1.54) is 4.31 Å². The Kier molecular flexibility index (Phi) is 16.3. The molecule has 70 heavy (non-hydrogen) atoms. The smallest absolute Gasteiger partial charge is 0.243 e. The van der Waals surface area contributed by atoms with Crippen molar-refractivity contribution in [3.05, 3.63) is 111 Å². The summed E-state index contributed by atoms with van der Waals surface area (Å²) in [5.41, 5.74) is 13.8. The first-order valence-electron chi connectivity index (χ1n) is 24.9. The molecule has 0 radical (unpaired) electrons. The van der Waals surface area contributed by atoms with Crippen molar-refractivity contribution < 1.29 is 22.4 Å². The molecule has 0 bridgehead atoms. The average Bonchev–Trinajstić information content (AvgIpc) is 3.25. The highest BCUT2D eigenvalue weighted by Gasteiger charge is 2.29. The summed E-state index contributed by atoms with van der Waals surface area (Å²) in [6.07, 6.45) is 5.84. The van der Waals surface area contributed by atoms with Crippen molar-refractivity contribution in [1.82, 2.24) is 4.31 Å². The van der Waals surface area contributed by atoms with E-state index in [-0.39, 0.29) is 27.5 Å². The fourth-order valence-corrected chi connectivity index (χ4v) is 11.0. The normalized spacial score (nSPS) is 12.6. The first-order chi connectivity index (χ1) is 32.7. The highest BCUT2D eigenvalue weighted by atomic mass is 32.2. The summed E-state index contributed by atoms with van der Waals surface area (Å²) in [6, 6.07) is 19.5. The largest absolute Gasteiger partial charge is 0.456 e. The van der Waals surface area contributed by atoms with Crippen LogP contribution in [0.15, 0.2) is 75.0 Å². The molecule has 0 unspecified atom stereocenters. The molecular formula is C59H77N5O5S. The lowest BCUT2D eigenvalue weighted by Crippen LogP contribution is -2.28. The molecule has 4 aromatic rings. The molecule has 0 atom stereocenters. The molecule has 0 aromatic heterocycles. The molecule has 2 aliphatic rings. The Morgan fingerprint density at radius 1 is 0.643 bits per heavy atom.